The standard InChI is InChI=1S/C10H21NS/c1-4-6-8-11(10(3)12)9-7-5-2/h4-9H2,1-3H3. The Balaban J connectivity index is 3.62. The summed E-state index contributed by atoms with van der Waals surface area (Å²) in [6, 6.07) is 0. The highest BCUT2D eigenvalue weighted by Gasteiger charge is 2.02. The van der Waals surface area contributed by atoms with Crippen molar-refractivity contribution in [1.29, 1.82) is 0 Å². The average molecular weight is 187 g/mol. The molecule has 0 heterocycles. The topological polar surface area (TPSA) is 3.24 Å². The van der Waals surface area contributed by atoms with E-state index < -0.39 is 0 Å². The van der Waals surface area contributed by atoms with Crippen molar-refractivity contribution in [2.24, 2.45) is 0 Å². The van der Waals surface area contributed by atoms with Gasteiger partial charge in [-0.15, -0.1) is 0 Å². The fourth-order valence-electron chi connectivity index (χ4n) is 1.12. The van der Waals surface area contributed by atoms with E-state index in [0.717, 1.165) is 18.1 Å². The number of rotatable bonds is 6. The van der Waals surface area contributed by atoms with Crippen molar-refractivity contribution in [1.82, 2.24) is 4.90 Å². The molecule has 12 heavy (non-hydrogen) atoms. The minimum absolute atomic E-state index is 1.05. The summed E-state index contributed by atoms with van der Waals surface area (Å²) in [5.74, 6) is 0. The molecule has 2 heteroatoms. The van der Waals surface area contributed by atoms with Gasteiger partial charge in [-0.1, -0.05) is 38.9 Å². The van der Waals surface area contributed by atoms with Gasteiger partial charge in [-0.3, -0.25) is 0 Å². The number of unbranched alkanes of at least 4 members (excludes halogenated alkanes) is 2. The Morgan fingerprint density at radius 1 is 1.08 bits per heavy atom. The quantitative estimate of drug-likeness (QED) is 0.587. The van der Waals surface area contributed by atoms with Crippen molar-refractivity contribution in [3.63, 3.8) is 0 Å². The third kappa shape index (κ3) is 5.53. The molecule has 1 nitrogen and oxygen atoms in total. The Hall–Kier alpha value is -0.110. The predicted octanol–water partition coefficient (Wildman–Crippen LogP) is 3.24. The Morgan fingerprint density at radius 3 is 1.75 bits per heavy atom. The lowest BCUT2D eigenvalue weighted by Crippen LogP contribution is -2.29. The van der Waals surface area contributed by atoms with Gasteiger partial charge in [0.05, 0.1) is 4.99 Å². The Kier molecular flexibility index (Phi) is 7.47. The SMILES string of the molecule is CCCCN(CCCC)C(C)=S. The van der Waals surface area contributed by atoms with Gasteiger partial charge >= 0.3 is 0 Å². The van der Waals surface area contributed by atoms with Crippen molar-refractivity contribution in [2.75, 3.05) is 13.1 Å². The maximum atomic E-state index is 5.17. The molecule has 0 atom stereocenters. The van der Waals surface area contributed by atoms with E-state index in [1.807, 2.05) is 6.92 Å². The second kappa shape index (κ2) is 7.53. The van der Waals surface area contributed by atoms with E-state index in [2.05, 4.69) is 18.7 Å². The summed E-state index contributed by atoms with van der Waals surface area (Å²) >= 11 is 5.17. The van der Waals surface area contributed by atoms with Gasteiger partial charge in [-0.05, 0) is 19.8 Å². The van der Waals surface area contributed by atoms with Crippen LogP contribution in [0.3, 0.4) is 0 Å². The molecule has 0 saturated carbocycles. The molecule has 0 aliphatic heterocycles. The maximum absolute atomic E-state index is 5.17. The first-order valence-electron chi connectivity index (χ1n) is 4.97. The molecule has 0 radical (unpaired) electrons. The van der Waals surface area contributed by atoms with Crippen molar-refractivity contribution in [3.05, 3.63) is 0 Å². The third-order valence-electron chi connectivity index (χ3n) is 2.01. The van der Waals surface area contributed by atoms with Crippen LogP contribution in [0.25, 0.3) is 0 Å². The summed E-state index contributed by atoms with van der Waals surface area (Å²) in [5.41, 5.74) is 0. The number of nitrogens with zero attached hydrogens (tertiary/aromatic N) is 1. The second-order valence-electron chi connectivity index (χ2n) is 3.21. The second-order valence-corrected chi connectivity index (χ2v) is 3.80. The zero-order valence-electron chi connectivity index (χ0n) is 8.60. The number of hydrogen-bond acceptors (Lipinski definition) is 1. The van der Waals surface area contributed by atoms with Gasteiger partial charge in [0.15, 0.2) is 0 Å². The lowest BCUT2D eigenvalue weighted by Gasteiger charge is -2.22. The average Bonchev–Trinajstić information content (AvgIpc) is 2.04. The first kappa shape index (κ1) is 11.9. The number of thiocarbonyl (C=S) groups is 1. The van der Waals surface area contributed by atoms with Crippen LogP contribution in [-0.4, -0.2) is 23.0 Å². The zero-order chi connectivity index (χ0) is 9.40. The van der Waals surface area contributed by atoms with E-state index in [4.69, 9.17) is 12.2 Å². The molecule has 0 aliphatic rings. The van der Waals surface area contributed by atoms with E-state index in [1.54, 1.807) is 0 Å². The van der Waals surface area contributed by atoms with Crippen LogP contribution in [0.15, 0.2) is 0 Å². The van der Waals surface area contributed by atoms with Gasteiger partial charge < -0.3 is 4.90 Å². The van der Waals surface area contributed by atoms with E-state index in [-0.39, 0.29) is 0 Å². The Morgan fingerprint density at radius 2 is 1.50 bits per heavy atom. The van der Waals surface area contributed by atoms with Gasteiger partial charge in [0.1, 0.15) is 0 Å². The summed E-state index contributed by atoms with van der Waals surface area (Å²) < 4.78 is 0. The van der Waals surface area contributed by atoms with E-state index in [0.29, 0.717) is 0 Å². The molecule has 0 N–H and O–H groups in total. The van der Waals surface area contributed by atoms with E-state index in [1.165, 1.54) is 25.7 Å². The molecule has 0 rings (SSSR count). The first-order chi connectivity index (χ1) is 5.72. The molecule has 0 aliphatic carbocycles. The highest BCUT2D eigenvalue weighted by atomic mass is 32.1. The summed E-state index contributed by atoms with van der Waals surface area (Å²) in [4.78, 5) is 3.37. The minimum atomic E-state index is 1.05. The van der Waals surface area contributed by atoms with Crippen molar-refractivity contribution in [2.45, 2.75) is 46.5 Å². The molecule has 72 valence electrons. The summed E-state index contributed by atoms with van der Waals surface area (Å²) in [6.45, 7) is 8.76. The lowest BCUT2D eigenvalue weighted by atomic mass is 10.2. The maximum Gasteiger partial charge on any atom is 0.0747 e. The van der Waals surface area contributed by atoms with Gasteiger partial charge in [-0.25, -0.2) is 0 Å². The fraction of sp³-hybridized carbons (Fsp3) is 0.900. The van der Waals surface area contributed by atoms with Crippen molar-refractivity contribution in [3.8, 4) is 0 Å². The van der Waals surface area contributed by atoms with Crippen LogP contribution in [0.1, 0.15) is 46.5 Å². The molecular weight excluding hydrogens is 166 g/mol. The normalized spacial score (nSPS) is 9.92. The highest BCUT2D eigenvalue weighted by molar-refractivity contribution is 7.80. The van der Waals surface area contributed by atoms with Crippen LogP contribution in [0.4, 0.5) is 0 Å². The summed E-state index contributed by atoms with van der Waals surface area (Å²) in [7, 11) is 0. The van der Waals surface area contributed by atoms with Gasteiger partial charge in [-0.2, -0.15) is 0 Å². The van der Waals surface area contributed by atoms with Crippen molar-refractivity contribution >= 4 is 17.2 Å². The van der Waals surface area contributed by atoms with Crippen LogP contribution >= 0.6 is 12.2 Å². The van der Waals surface area contributed by atoms with Gasteiger partial charge in [0.2, 0.25) is 0 Å². The van der Waals surface area contributed by atoms with Gasteiger partial charge in [0, 0.05) is 13.1 Å². The molecule has 0 aromatic rings. The predicted molar refractivity (Wildman–Crippen MR) is 59.7 cm³/mol. The Bertz CT molecular complexity index is 115. The van der Waals surface area contributed by atoms with E-state index in [9.17, 15) is 0 Å². The largest absolute Gasteiger partial charge is 0.366 e. The Labute approximate surface area is 82.1 Å². The smallest absolute Gasteiger partial charge is 0.0747 e. The van der Waals surface area contributed by atoms with Crippen molar-refractivity contribution < 1.29 is 0 Å². The molecule has 0 fully saturated rings. The fourth-order valence-corrected chi connectivity index (χ4v) is 1.31. The monoisotopic (exact) mass is 187 g/mol. The molecule has 0 spiro atoms. The van der Waals surface area contributed by atoms with Crippen LogP contribution in [0, 0.1) is 0 Å². The molecule has 0 aromatic carbocycles. The van der Waals surface area contributed by atoms with Crippen LogP contribution < -0.4 is 0 Å². The molecule has 0 saturated heterocycles. The molecule has 0 bridgehead atoms. The molecule has 0 aromatic heterocycles. The summed E-state index contributed by atoms with van der Waals surface area (Å²) in [5, 5.41) is 0. The third-order valence-corrected chi connectivity index (χ3v) is 2.27. The summed E-state index contributed by atoms with van der Waals surface area (Å²) in [6.07, 6.45) is 5.03. The zero-order valence-corrected chi connectivity index (χ0v) is 9.41. The molecular formula is C10H21NS. The highest BCUT2D eigenvalue weighted by Crippen LogP contribution is 2.00. The first-order valence-corrected chi connectivity index (χ1v) is 5.38. The van der Waals surface area contributed by atoms with Gasteiger partial charge in [0.25, 0.3) is 0 Å². The van der Waals surface area contributed by atoms with E-state index >= 15 is 0 Å². The van der Waals surface area contributed by atoms with Crippen LogP contribution in [0.5, 0.6) is 0 Å². The van der Waals surface area contributed by atoms with Crippen LogP contribution in [0.2, 0.25) is 0 Å². The molecule has 0 unspecified atom stereocenters. The lowest BCUT2D eigenvalue weighted by molar-refractivity contribution is 0.402. The van der Waals surface area contributed by atoms with Crippen LogP contribution in [-0.2, 0) is 0 Å². The number of hydrogen-bond donors (Lipinski definition) is 0. The molecule has 0 amide bonds. The minimum Gasteiger partial charge on any atom is -0.366 e.